The molecule has 0 radical (unpaired) electrons. The second-order valence-electron chi connectivity index (χ2n) is 17.9. The molecule has 0 aromatic rings. The van der Waals surface area contributed by atoms with E-state index in [2.05, 4.69) is 74.6 Å². The van der Waals surface area contributed by atoms with E-state index in [-0.39, 0.29) is 25.2 Å². The van der Waals surface area contributed by atoms with Crippen molar-refractivity contribution in [2.75, 3.05) is 13.2 Å². The van der Waals surface area contributed by atoms with Crippen LogP contribution in [0, 0.1) is 0 Å². The fourth-order valence-electron chi connectivity index (χ4n) is 7.82. The molecule has 0 aliphatic rings. The minimum absolute atomic E-state index is 0.0625. The van der Waals surface area contributed by atoms with E-state index >= 15 is 0 Å². The summed E-state index contributed by atoms with van der Waals surface area (Å²) in [6.07, 6.45) is 70.4. The van der Waals surface area contributed by atoms with Gasteiger partial charge in [0.2, 0.25) is 0 Å². The van der Waals surface area contributed by atoms with Crippen LogP contribution in [0.1, 0.15) is 271 Å². The molecule has 0 spiro atoms. The summed E-state index contributed by atoms with van der Waals surface area (Å²) in [5, 5.41) is 9.63. The maximum atomic E-state index is 12.3. The highest BCUT2D eigenvalue weighted by Crippen LogP contribution is 2.16. The van der Waals surface area contributed by atoms with Gasteiger partial charge in [-0.15, -0.1) is 0 Å². The molecule has 0 aromatic carbocycles. The molecule has 62 heavy (non-hydrogen) atoms. The molecule has 0 aliphatic carbocycles. The zero-order chi connectivity index (χ0) is 44.9. The first kappa shape index (κ1) is 59.6. The van der Waals surface area contributed by atoms with Crippen LogP contribution in [0.25, 0.3) is 0 Å². The summed E-state index contributed by atoms with van der Waals surface area (Å²) in [5.74, 6) is -0.579. The summed E-state index contributed by atoms with van der Waals surface area (Å²) < 4.78 is 10.7. The van der Waals surface area contributed by atoms with Gasteiger partial charge in [0.25, 0.3) is 0 Å². The second kappa shape index (κ2) is 52.9. The van der Waals surface area contributed by atoms with Gasteiger partial charge in [0.1, 0.15) is 6.61 Å². The molecular weight excluding hydrogens is 765 g/mol. The van der Waals surface area contributed by atoms with Crippen molar-refractivity contribution in [2.45, 2.75) is 277 Å². The van der Waals surface area contributed by atoms with Gasteiger partial charge in [-0.2, -0.15) is 0 Å². The summed E-state index contributed by atoms with van der Waals surface area (Å²) in [7, 11) is 0. The first-order valence-corrected chi connectivity index (χ1v) is 26.8. The predicted molar refractivity (Wildman–Crippen MR) is 270 cm³/mol. The lowest BCUT2D eigenvalue weighted by atomic mass is 10.0. The number of carbonyl (C=O) groups is 2. The van der Waals surface area contributed by atoms with E-state index in [1.165, 1.54) is 173 Å². The molecule has 0 aromatic heterocycles. The lowest BCUT2D eigenvalue weighted by Gasteiger charge is -2.15. The van der Waals surface area contributed by atoms with E-state index in [1.807, 2.05) is 0 Å². The van der Waals surface area contributed by atoms with Crippen LogP contribution >= 0.6 is 0 Å². The van der Waals surface area contributed by atoms with Crippen LogP contribution < -0.4 is 0 Å². The zero-order valence-electron chi connectivity index (χ0n) is 41.1. The smallest absolute Gasteiger partial charge is 0.306 e. The molecule has 5 heteroatoms. The number of carbonyl (C=O) groups excluding carboxylic acids is 2. The Morgan fingerprint density at radius 3 is 1.05 bits per heavy atom. The molecule has 360 valence electrons. The SMILES string of the molecule is CC/C=C\C/C=C\C/C=C\C/C=C\C/C=C\CCCCCCCCCCCCCCCCCC(=O)OC(CO)COC(=O)CCCCCCCCCCCCCCCCCCC. The van der Waals surface area contributed by atoms with Crippen molar-refractivity contribution in [3.63, 3.8) is 0 Å². The highest BCUT2D eigenvalue weighted by atomic mass is 16.6. The van der Waals surface area contributed by atoms with Crippen molar-refractivity contribution in [3.8, 4) is 0 Å². The number of hydrogen-bond donors (Lipinski definition) is 1. The van der Waals surface area contributed by atoms with E-state index in [4.69, 9.17) is 9.47 Å². The van der Waals surface area contributed by atoms with Crippen LogP contribution in [-0.4, -0.2) is 36.4 Å². The lowest BCUT2D eigenvalue weighted by Crippen LogP contribution is -2.28. The van der Waals surface area contributed by atoms with Crippen molar-refractivity contribution < 1.29 is 24.2 Å². The minimum atomic E-state index is -0.771. The quantitative estimate of drug-likeness (QED) is 0.0375. The third-order valence-corrected chi connectivity index (χ3v) is 11.8. The van der Waals surface area contributed by atoms with Crippen molar-refractivity contribution in [1.82, 2.24) is 0 Å². The molecule has 0 fully saturated rings. The molecule has 0 rings (SSSR count). The van der Waals surface area contributed by atoms with E-state index in [9.17, 15) is 14.7 Å². The Kier molecular flexibility index (Phi) is 50.9. The van der Waals surface area contributed by atoms with Gasteiger partial charge in [-0.1, -0.05) is 261 Å². The van der Waals surface area contributed by atoms with Crippen molar-refractivity contribution in [3.05, 3.63) is 60.8 Å². The summed E-state index contributed by atoms with van der Waals surface area (Å²) in [6, 6.07) is 0. The number of allylic oxidation sites excluding steroid dienone is 10. The van der Waals surface area contributed by atoms with Crippen LogP contribution in [0.2, 0.25) is 0 Å². The summed E-state index contributed by atoms with van der Waals surface area (Å²) >= 11 is 0. The highest BCUT2D eigenvalue weighted by Gasteiger charge is 2.16. The van der Waals surface area contributed by atoms with Crippen LogP contribution in [0.15, 0.2) is 60.8 Å². The average molecular weight is 867 g/mol. The van der Waals surface area contributed by atoms with Gasteiger partial charge in [-0.3, -0.25) is 9.59 Å². The first-order valence-electron chi connectivity index (χ1n) is 26.8. The Morgan fingerprint density at radius 2 is 0.694 bits per heavy atom. The third-order valence-electron chi connectivity index (χ3n) is 11.8. The molecule has 0 bridgehead atoms. The Hall–Kier alpha value is -2.40. The standard InChI is InChI=1S/C57H102O5/c1-3-5-7-9-11-13-15-17-19-21-22-23-24-25-26-27-28-29-30-31-32-33-34-36-38-40-42-44-46-48-50-52-57(60)62-55(53-58)54-61-56(59)51-49-47-45-43-41-39-37-35-20-18-16-14-12-10-8-6-4-2/h5,7,11,13,17,19,22-23,25-26,55,58H,3-4,6,8-10,12,14-16,18,20-21,24,27-54H2,1-2H3/b7-5-,13-11-,19-17-,23-22-,26-25-. The second-order valence-corrected chi connectivity index (χ2v) is 17.9. The Balaban J connectivity index is 3.47. The van der Waals surface area contributed by atoms with Gasteiger partial charge in [0.15, 0.2) is 6.10 Å². The first-order chi connectivity index (χ1) is 30.6. The number of aliphatic hydroxyl groups is 1. The fourth-order valence-corrected chi connectivity index (χ4v) is 7.82. The summed E-state index contributed by atoms with van der Waals surface area (Å²) in [4.78, 5) is 24.5. The van der Waals surface area contributed by atoms with Gasteiger partial charge in [-0.25, -0.2) is 0 Å². The maximum Gasteiger partial charge on any atom is 0.306 e. The molecule has 1 atom stereocenters. The van der Waals surface area contributed by atoms with Crippen LogP contribution in [0.4, 0.5) is 0 Å². The zero-order valence-corrected chi connectivity index (χ0v) is 41.1. The van der Waals surface area contributed by atoms with Crippen LogP contribution in [0.5, 0.6) is 0 Å². The normalized spacial score (nSPS) is 12.6. The highest BCUT2D eigenvalue weighted by molar-refractivity contribution is 5.70. The Morgan fingerprint density at radius 1 is 0.387 bits per heavy atom. The Labute approximate surface area is 385 Å². The molecule has 0 amide bonds. The van der Waals surface area contributed by atoms with Crippen LogP contribution in [0.3, 0.4) is 0 Å². The number of ether oxygens (including phenoxy) is 2. The molecule has 5 nitrogen and oxygen atoms in total. The fraction of sp³-hybridized carbons (Fsp3) is 0.789. The van der Waals surface area contributed by atoms with E-state index < -0.39 is 6.10 Å². The number of hydrogen-bond acceptors (Lipinski definition) is 5. The summed E-state index contributed by atoms with van der Waals surface area (Å²) in [5.41, 5.74) is 0. The summed E-state index contributed by atoms with van der Waals surface area (Å²) in [6.45, 7) is 4.06. The topological polar surface area (TPSA) is 72.8 Å². The maximum absolute atomic E-state index is 12.3. The monoisotopic (exact) mass is 867 g/mol. The van der Waals surface area contributed by atoms with Crippen LogP contribution in [-0.2, 0) is 19.1 Å². The van der Waals surface area contributed by atoms with Gasteiger partial charge < -0.3 is 14.6 Å². The largest absolute Gasteiger partial charge is 0.462 e. The van der Waals surface area contributed by atoms with Crippen molar-refractivity contribution >= 4 is 11.9 Å². The number of aliphatic hydroxyl groups excluding tert-OH is 1. The number of rotatable bonds is 49. The molecule has 0 heterocycles. The molecule has 0 aliphatic heterocycles. The van der Waals surface area contributed by atoms with E-state index in [0.717, 1.165) is 70.6 Å². The molecule has 0 saturated carbocycles. The molecule has 1 unspecified atom stereocenters. The average Bonchev–Trinajstić information content (AvgIpc) is 3.28. The van der Waals surface area contributed by atoms with Crippen molar-refractivity contribution in [2.24, 2.45) is 0 Å². The van der Waals surface area contributed by atoms with Gasteiger partial charge in [0.05, 0.1) is 6.61 Å². The molecule has 0 saturated heterocycles. The third kappa shape index (κ3) is 50.2. The van der Waals surface area contributed by atoms with E-state index in [1.54, 1.807) is 0 Å². The van der Waals surface area contributed by atoms with Gasteiger partial charge in [0, 0.05) is 12.8 Å². The minimum Gasteiger partial charge on any atom is -0.462 e. The number of unbranched alkanes of at least 4 members (excludes halogenated alkanes) is 31. The molecular formula is C57H102O5. The van der Waals surface area contributed by atoms with Crippen molar-refractivity contribution in [1.29, 1.82) is 0 Å². The predicted octanol–water partition coefficient (Wildman–Crippen LogP) is 17.9. The van der Waals surface area contributed by atoms with E-state index in [0.29, 0.717) is 12.8 Å². The van der Waals surface area contributed by atoms with Gasteiger partial charge >= 0.3 is 11.9 Å². The lowest BCUT2D eigenvalue weighted by molar-refractivity contribution is -0.161. The molecule has 1 N–H and O–H groups in total. The number of esters is 2. The Bertz CT molecular complexity index is 1070. The van der Waals surface area contributed by atoms with Gasteiger partial charge in [-0.05, 0) is 57.8 Å².